The van der Waals surface area contributed by atoms with Crippen LogP contribution in [0, 0.1) is 11.8 Å². The van der Waals surface area contributed by atoms with Crippen LogP contribution in [-0.2, 0) is 4.74 Å². The molecule has 0 aromatic carbocycles. The third kappa shape index (κ3) is 7.74. The topological polar surface area (TPSA) is 21.3 Å². The van der Waals surface area contributed by atoms with E-state index in [0.29, 0.717) is 6.04 Å². The van der Waals surface area contributed by atoms with Gasteiger partial charge in [0.15, 0.2) is 0 Å². The van der Waals surface area contributed by atoms with Gasteiger partial charge in [-0.2, -0.15) is 0 Å². The third-order valence-corrected chi connectivity index (χ3v) is 4.23. The zero-order valence-electron chi connectivity index (χ0n) is 13.2. The molecule has 0 bridgehead atoms. The van der Waals surface area contributed by atoms with Gasteiger partial charge in [0.25, 0.3) is 0 Å². The highest BCUT2D eigenvalue weighted by Crippen LogP contribution is 2.24. The summed E-state index contributed by atoms with van der Waals surface area (Å²) in [6, 6.07) is 0.631. The molecule has 3 atom stereocenters. The Bertz CT molecular complexity index is 239. The van der Waals surface area contributed by atoms with Crippen LogP contribution in [0.15, 0.2) is 12.2 Å². The highest BCUT2D eigenvalue weighted by Gasteiger charge is 2.17. The van der Waals surface area contributed by atoms with Crippen molar-refractivity contribution in [3.8, 4) is 0 Å². The fourth-order valence-corrected chi connectivity index (χ4v) is 2.65. The highest BCUT2D eigenvalue weighted by atomic mass is 16.5. The molecule has 0 aromatic rings. The lowest BCUT2D eigenvalue weighted by molar-refractivity contribution is 0.0796. The molecular weight excluding hydrogens is 234 g/mol. The monoisotopic (exact) mass is 267 g/mol. The molecule has 1 N–H and O–H groups in total. The largest absolute Gasteiger partial charge is 0.380 e. The summed E-state index contributed by atoms with van der Waals surface area (Å²) in [5.74, 6) is 1.51. The van der Waals surface area contributed by atoms with E-state index in [9.17, 15) is 0 Å². The lowest BCUT2D eigenvalue weighted by Crippen LogP contribution is -2.30. The minimum Gasteiger partial charge on any atom is -0.380 e. The third-order valence-electron chi connectivity index (χ3n) is 4.23. The Balaban J connectivity index is 1.94. The van der Waals surface area contributed by atoms with Gasteiger partial charge in [0, 0.05) is 12.6 Å². The summed E-state index contributed by atoms with van der Waals surface area (Å²) in [6.07, 6.45) is 12.3. The van der Waals surface area contributed by atoms with Crippen molar-refractivity contribution in [3.05, 3.63) is 12.2 Å². The Morgan fingerprint density at radius 2 is 2.05 bits per heavy atom. The fourth-order valence-electron chi connectivity index (χ4n) is 2.65. The van der Waals surface area contributed by atoms with Gasteiger partial charge in [0.2, 0.25) is 0 Å². The minimum atomic E-state index is 0.631. The SMILES string of the molecule is CCCCCC(C)NCCOCC1CC=CCC1C. The van der Waals surface area contributed by atoms with Gasteiger partial charge in [0.1, 0.15) is 0 Å². The Morgan fingerprint density at radius 3 is 2.79 bits per heavy atom. The number of unbranched alkanes of at least 4 members (excludes halogenated alkanes) is 2. The number of hydrogen-bond donors (Lipinski definition) is 1. The molecule has 1 aliphatic rings. The van der Waals surface area contributed by atoms with Gasteiger partial charge in [-0.05, 0) is 38.0 Å². The van der Waals surface area contributed by atoms with Gasteiger partial charge < -0.3 is 10.1 Å². The van der Waals surface area contributed by atoms with Gasteiger partial charge in [-0.3, -0.25) is 0 Å². The molecule has 0 saturated heterocycles. The Kier molecular flexibility index (Phi) is 9.19. The highest BCUT2D eigenvalue weighted by molar-refractivity contribution is 4.93. The van der Waals surface area contributed by atoms with E-state index in [2.05, 4.69) is 38.2 Å². The van der Waals surface area contributed by atoms with Gasteiger partial charge >= 0.3 is 0 Å². The molecule has 0 fully saturated rings. The van der Waals surface area contributed by atoms with Crippen LogP contribution in [0.1, 0.15) is 59.3 Å². The number of nitrogens with one attached hydrogen (secondary N) is 1. The van der Waals surface area contributed by atoms with E-state index in [1.165, 1.54) is 38.5 Å². The van der Waals surface area contributed by atoms with Crippen LogP contribution in [0.3, 0.4) is 0 Å². The van der Waals surface area contributed by atoms with Gasteiger partial charge in [-0.15, -0.1) is 0 Å². The average Bonchev–Trinajstić information content (AvgIpc) is 2.41. The normalized spacial score (nSPS) is 24.6. The van der Waals surface area contributed by atoms with Gasteiger partial charge in [-0.25, -0.2) is 0 Å². The molecule has 0 saturated carbocycles. The first kappa shape index (κ1) is 16.7. The van der Waals surface area contributed by atoms with Crippen molar-refractivity contribution in [1.29, 1.82) is 0 Å². The van der Waals surface area contributed by atoms with Crippen molar-refractivity contribution < 1.29 is 4.74 Å². The molecule has 0 heterocycles. The first-order chi connectivity index (χ1) is 9.24. The lowest BCUT2D eigenvalue weighted by Gasteiger charge is -2.25. The smallest absolute Gasteiger partial charge is 0.0591 e. The fraction of sp³-hybridized carbons (Fsp3) is 0.882. The van der Waals surface area contributed by atoms with E-state index < -0.39 is 0 Å². The molecule has 0 amide bonds. The molecule has 3 unspecified atom stereocenters. The van der Waals surface area contributed by atoms with Crippen LogP contribution in [0.4, 0.5) is 0 Å². The molecule has 1 rings (SSSR count). The first-order valence-corrected chi connectivity index (χ1v) is 8.20. The van der Waals surface area contributed by atoms with E-state index in [1.807, 2.05) is 0 Å². The molecule has 2 nitrogen and oxygen atoms in total. The maximum Gasteiger partial charge on any atom is 0.0591 e. The first-order valence-electron chi connectivity index (χ1n) is 8.20. The summed E-state index contributed by atoms with van der Waals surface area (Å²) in [6.45, 7) is 9.65. The van der Waals surface area contributed by atoms with Crippen LogP contribution >= 0.6 is 0 Å². The maximum atomic E-state index is 5.82. The number of allylic oxidation sites excluding steroid dienone is 2. The standard InChI is InChI=1S/C17H33NO/c1-4-5-6-10-16(3)18-12-13-19-14-17-11-8-7-9-15(17)2/h7-8,15-18H,4-6,9-14H2,1-3H3. The van der Waals surface area contributed by atoms with E-state index in [0.717, 1.165) is 31.6 Å². The van der Waals surface area contributed by atoms with Crippen LogP contribution in [-0.4, -0.2) is 25.8 Å². The van der Waals surface area contributed by atoms with E-state index in [-0.39, 0.29) is 0 Å². The van der Waals surface area contributed by atoms with Crippen molar-refractivity contribution >= 4 is 0 Å². The van der Waals surface area contributed by atoms with E-state index >= 15 is 0 Å². The van der Waals surface area contributed by atoms with Crippen molar-refractivity contribution in [3.63, 3.8) is 0 Å². The summed E-state index contributed by atoms with van der Waals surface area (Å²) in [5.41, 5.74) is 0. The predicted molar refractivity (Wildman–Crippen MR) is 83.5 cm³/mol. The summed E-state index contributed by atoms with van der Waals surface area (Å²) < 4.78 is 5.82. The van der Waals surface area contributed by atoms with Crippen molar-refractivity contribution in [2.75, 3.05) is 19.8 Å². The zero-order chi connectivity index (χ0) is 13.9. The summed E-state index contributed by atoms with van der Waals surface area (Å²) in [7, 11) is 0. The Morgan fingerprint density at radius 1 is 1.26 bits per heavy atom. The van der Waals surface area contributed by atoms with Crippen LogP contribution in [0.2, 0.25) is 0 Å². The maximum absolute atomic E-state index is 5.82. The van der Waals surface area contributed by atoms with Gasteiger partial charge in [-0.1, -0.05) is 45.3 Å². The Hall–Kier alpha value is -0.340. The van der Waals surface area contributed by atoms with Gasteiger partial charge in [0.05, 0.1) is 13.2 Å². The van der Waals surface area contributed by atoms with E-state index in [1.54, 1.807) is 0 Å². The van der Waals surface area contributed by atoms with Crippen molar-refractivity contribution in [2.45, 2.75) is 65.3 Å². The van der Waals surface area contributed by atoms with Crippen LogP contribution < -0.4 is 5.32 Å². The average molecular weight is 267 g/mol. The van der Waals surface area contributed by atoms with Crippen molar-refractivity contribution in [2.24, 2.45) is 11.8 Å². The molecule has 112 valence electrons. The molecule has 0 radical (unpaired) electrons. The molecule has 0 spiro atoms. The molecular formula is C17H33NO. The molecule has 0 aromatic heterocycles. The summed E-state index contributed by atoms with van der Waals surface area (Å²) >= 11 is 0. The number of hydrogen-bond acceptors (Lipinski definition) is 2. The lowest BCUT2D eigenvalue weighted by atomic mass is 9.85. The molecule has 19 heavy (non-hydrogen) atoms. The minimum absolute atomic E-state index is 0.631. The van der Waals surface area contributed by atoms with Crippen LogP contribution in [0.5, 0.6) is 0 Å². The van der Waals surface area contributed by atoms with E-state index in [4.69, 9.17) is 4.74 Å². The molecule has 2 heteroatoms. The molecule has 1 aliphatic carbocycles. The Labute approximate surface area is 120 Å². The number of ether oxygens (including phenoxy) is 1. The second kappa shape index (κ2) is 10.4. The number of rotatable bonds is 10. The summed E-state index contributed by atoms with van der Waals surface area (Å²) in [5, 5.41) is 3.55. The summed E-state index contributed by atoms with van der Waals surface area (Å²) in [4.78, 5) is 0. The van der Waals surface area contributed by atoms with Crippen LogP contribution in [0.25, 0.3) is 0 Å². The van der Waals surface area contributed by atoms with Crippen molar-refractivity contribution in [1.82, 2.24) is 5.32 Å². The second-order valence-electron chi connectivity index (χ2n) is 6.11. The quantitative estimate of drug-likeness (QED) is 0.474. The zero-order valence-corrected chi connectivity index (χ0v) is 13.2. The molecule has 0 aliphatic heterocycles. The second-order valence-corrected chi connectivity index (χ2v) is 6.11. The predicted octanol–water partition coefficient (Wildman–Crippen LogP) is 4.16.